The third-order valence-corrected chi connectivity index (χ3v) is 5.16. The summed E-state index contributed by atoms with van der Waals surface area (Å²) >= 11 is 0. The predicted molar refractivity (Wildman–Crippen MR) is 110 cm³/mol. The number of carbonyl (C=O) groups excluding carboxylic acids is 4. The lowest BCUT2D eigenvalue weighted by Crippen LogP contribution is -2.41. The van der Waals surface area contributed by atoms with E-state index in [9.17, 15) is 19.2 Å². The Kier molecular flexibility index (Phi) is 5.86. The molecule has 1 atom stereocenters. The highest BCUT2D eigenvalue weighted by Gasteiger charge is 2.49. The lowest BCUT2D eigenvalue weighted by atomic mass is 9.92. The van der Waals surface area contributed by atoms with Gasteiger partial charge in [0.2, 0.25) is 0 Å². The summed E-state index contributed by atoms with van der Waals surface area (Å²) in [5.41, 5.74) is 1.90. The molecule has 0 saturated carbocycles. The lowest BCUT2D eigenvalue weighted by Gasteiger charge is -2.21. The zero-order valence-electron chi connectivity index (χ0n) is 17.0. The van der Waals surface area contributed by atoms with Crippen LogP contribution >= 0.6 is 0 Å². The van der Waals surface area contributed by atoms with Crippen LogP contribution in [-0.2, 0) is 24.7 Å². The molecule has 0 aliphatic carbocycles. The van der Waals surface area contributed by atoms with Gasteiger partial charge in [-0.1, -0.05) is 42.5 Å². The lowest BCUT2D eigenvalue weighted by molar-refractivity contribution is -0.150. The van der Waals surface area contributed by atoms with Crippen LogP contribution in [0.3, 0.4) is 0 Å². The second-order valence-electron chi connectivity index (χ2n) is 7.27. The summed E-state index contributed by atoms with van der Waals surface area (Å²) in [4.78, 5) is 50.1. The van der Waals surface area contributed by atoms with Gasteiger partial charge in [-0.3, -0.25) is 19.3 Å². The molecule has 8 nitrogen and oxygen atoms in total. The van der Waals surface area contributed by atoms with E-state index in [-0.39, 0.29) is 0 Å². The molecule has 2 aromatic rings. The van der Waals surface area contributed by atoms with Gasteiger partial charge in [0.15, 0.2) is 6.61 Å². The van der Waals surface area contributed by atoms with Crippen molar-refractivity contribution in [3.05, 3.63) is 65.2 Å². The summed E-state index contributed by atoms with van der Waals surface area (Å²) in [6.45, 7) is 4.27. The van der Waals surface area contributed by atoms with Crippen molar-refractivity contribution in [2.24, 2.45) is 0 Å². The third-order valence-electron chi connectivity index (χ3n) is 5.16. The van der Waals surface area contributed by atoms with E-state index in [0.29, 0.717) is 11.3 Å². The molecule has 0 aromatic heterocycles. The van der Waals surface area contributed by atoms with Crippen molar-refractivity contribution in [2.75, 3.05) is 18.5 Å². The maximum atomic E-state index is 12.8. The summed E-state index contributed by atoms with van der Waals surface area (Å²) < 4.78 is 4.95. The topological polar surface area (TPSA) is 105 Å². The van der Waals surface area contributed by atoms with Crippen LogP contribution in [0.4, 0.5) is 10.5 Å². The molecule has 1 aliphatic heterocycles. The van der Waals surface area contributed by atoms with Crippen LogP contribution in [-0.4, -0.2) is 41.9 Å². The van der Waals surface area contributed by atoms with E-state index in [2.05, 4.69) is 10.6 Å². The average Bonchev–Trinajstić information content (AvgIpc) is 2.94. The van der Waals surface area contributed by atoms with E-state index < -0.39 is 42.5 Å². The van der Waals surface area contributed by atoms with Crippen molar-refractivity contribution in [2.45, 2.75) is 26.3 Å². The van der Waals surface area contributed by atoms with Crippen LogP contribution in [0.2, 0.25) is 0 Å². The molecule has 1 fully saturated rings. The van der Waals surface area contributed by atoms with Gasteiger partial charge in [0, 0.05) is 5.69 Å². The molecule has 2 aromatic carbocycles. The molecule has 1 heterocycles. The number of urea groups is 1. The molecule has 4 amide bonds. The Hall–Kier alpha value is -3.68. The number of carbonyl (C=O) groups is 4. The number of hydrogen-bond donors (Lipinski definition) is 2. The number of anilines is 1. The van der Waals surface area contributed by atoms with Crippen molar-refractivity contribution in [1.29, 1.82) is 0 Å². The SMILES string of the molecule is Cc1cccc(NC(=O)COC(=O)CN2C(=O)N[C@](C)(c3ccccc3)C2=O)c1C. The molecular formula is C22H23N3O5. The number of imide groups is 1. The minimum Gasteiger partial charge on any atom is -0.454 e. The fraction of sp³-hybridized carbons (Fsp3) is 0.273. The van der Waals surface area contributed by atoms with Crippen LogP contribution in [0.1, 0.15) is 23.6 Å². The fourth-order valence-corrected chi connectivity index (χ4v) is 3.20. The number of esters is 1. The van der Waals surface area contributed by atoms with Gasteiger partial charge in [0.25, 0.3) is 11.8 Å². The first kappa shape index (κ1) is 21.0. The van der Waals surface area contributed by atoms with Crippen LogP contribution in [0.25, 0.3) is 0 Å². The Morgan fingerprint density at radius 2 is 1.77 bits per heavy atom. The zero-order valence-corrected chi connectivity index (χ0v) is 17.0. The summed E-state index contributed by atoms with van der Waals surface area (Å²) in [6.07, 6.45) is 0. The van der Waals surface area contributed by atoms with Crippen molar-refractivity contribution >= 4 is 29.5 Å². The highest BCUT2D eigenvalue weighted by molar-refractivity contribution is 6.09. The van der Waals surface area contributed by atoms with Gasteiger partial charge in [-0.15, -0.1) is 0 Å². The van der Waals surface area contributed by atoms with Crippen molar-refractivity contribution in [3.8, 4) is 0 Å². The Balaban J connectivity index is 1.57. The van der Waals surface area contributed by atoms with Crippen molar-refractivity contribution in [1.82, 2.24) is 10.2 Å². The van der Waals surface area contributed by atoms with Gasteiger partial charge in [0.1, 0.15) is 12.1 Å². The molecule has 2 N–H and O–H groups in total. The predicted octanol–water partition coefficient (Wildman–Crippen LogP) is 2.25. The van der Waals surface area contributed by atoms with Crippen molar-refractivity contribution < 1.29 is 23.9 Å². The molecule has 30 heavy (non-hydrogen) atoms. The Bertz CT molecular complexity index is 1010. The minimum atomic E-state index is -1.27. The Labute approximate surface area is 174 Å². The number of nitrogens with zero attached hydrogens (tertiary/aromatic N) is 1. The number of nitrogens with one attached hydrogen (secondary N) is 2. The zero-order chi connectivity index (χ0) is 21.9. The first-order chi connectivity index (χ1) is 14.2. The molecule has 1 saturated heterocycles. The van der Waals surface area contributed by atoms with Gasteiger partial charge in [-0.2, -0.15) is 0 Å². The van der Waals surface area contributed by atoms with E-state index in [1.54, 1.807) is 43.3 Å². The Morgan fingerprint density at radius 3 is 2.47 bits per heavy atom. The first-order valence-corrected chi connectivity index (χ1v) is 9.43. The van der Waals surface area contributed by atoms with E-state index in [0.717, 1.165) is 16.0 Å². The molecule has 0 spiro atoms. The average molecular weight is 409 g/mol. The number of benzene rings is 2. The van der Waals surface area contributed by atoms with Crippen LogP contribution in [0.15, 0.2) is 48.5 Å². The number of ether oxygens (including phenoxy) is 1. The molecule has 8 heteroatoms. The summed E-state index contributed by atoms with van der Waals surface area (Å²) in [7, 11) is 0. The van der Waals surface area contributed by atoms with Crippen LogP contribution in [0.5, 0.6) is 0 Å². The normalized spacial score (nSPS) is 18.2. The maximum absolute atomic E-state index is 12.8. The monoisotopic (exact) mass is 409 g/mol. The second kappa shape index (κ2) is 8.36. The quantitative estimate of drug-likeness (QED) is 0.562. The number of aryl methyl sites for hydroxylation is 1. The van der Waals surface area contributed by atoms with Gasteiger partial charge < -0.3 is 15.4 Å². The molecule has 0 bridgehead atoms. The standard InChI is InChI=1S/C22H23N3O5/c1-14-8-7-11-17(15(14)2)23-18(26)13-30-19(27)12-25-20(28)22(3,24-21(25)29)16-9-5-4-6-10-16/h4-11H,12-13H2,1-3H3,(H,23,26)(H,24,29)/t22-/m1/s1. The first-order valence-electron chi connectivity index (χ1n) is 9.43. The van der Waals surface area contributed by atoms with Gasteiger partial charge in [0.05, 0.1) is 0 Å². The molecule has 0 radical (unpaired) electrons. The molecular weight excluding hydrogens is 386 g/mol. The number of hydrogen-bond acceptors (Lipinski definition) is 5. The van der Waals surface area contributed by atoms with Gasteiger partial charge in [-0.05, 0) is 43.5 Å². The van der Waals surface area contributed by atoms with Crippen molar-refractivity contribution in [3.63, 3.8) is 0 Å². The Morgan fingerprint density at radius 1 is 1.07 bits per heavy atom. The van der Waals surface area contributed by atoms with E-state index in [4.69, 9.17) is 4.74 Å². The van der Waals surface area contributed by atoms with Crippen LogP contribution in [0, 0.1) is 13.8 Å². The molecule has 1 aliphatic rings. The molecule has 0 unspecified atom stereocenters. The molecule has 156 valence electrons. The van der Waals surface area contributed by atoms with Gasteiger partial charge in [-0.25, -0.2) is 4.79 Å². The maximum Gasteiger partial charge on any atom is 0.326 e. The van der Waals surface area contributed by atoms with Crippen LogP contribution < -0.4 is 10.6 Å². The third kappa shape index (κ3) is 4.17. The number of amides is 4. The highest BCUT2D eigenvalue weighted by atomic mass is 16.5. The second-order valence-corrected chi connectivity index (χ2v) is 7.27. The summed E-state index contributed by atoms with van der Waals surface area (Å²) in [6, 6.07) is 13.5. The summed E-state index contributed by atoms with van der Waals surface area (Å²) in [5, 5.41) is 5.29. The highest BCUT2D eigenvalue weighted by Crippen LogP contribution is 2.28. The minimum absolute atomic E-state index is 0.511. The molecule has 3 rings (SSSR count). The van der Waals surface area contributed by atoms with E-state index in [1.165, 1.54) is 0 Å². The van der Waals surface area contributed by atoms with E-state index in [1.807, 2.05) is 26.0 Å². The summed E-state index contributed by atoms with van der Waals surface area (Å²) in [5.74, 6) is -1.93. The van der Waals surface area contributed by atoms with E-state index >= 15 is 0 Å². The smallest absolute Gasteiger partial charge is 0.326 e. The largest absolute Gasteiger partial charge is 0.454 e. The number of rotatable bonds is 6. The van der Waals surface area contributed by atoms with Gasteiger partial charge >= 0.3 is 12.0 Å². The fourth-order valence-electron chi connectivity index (χ4n) is 3.20.